The molecule has 1 amide bonds. The number of nitrogens with zero attached hydrogens (tertiary/aromatic N) is 6. The SMILES string of the molecule is Cn1nc2c(c1-c1cc(F)c(F)c(F)c1)C[C@H]1CCC[C@@H]2N1C(=O)c1ccc2nccn2n1. The van der Waals surface area contributed by atoms with Crippen LogP contribution >= 0.6 is 0 Å². The van der Waals surface area contributed by atoms with Gasteiger partial charge in [-0.1, -0.05) is 0 Å². The summed E-state index contributed by atoms with van der Waals surface area (Å²) in [5.74, 6) is -4.16. The smallest absolute Gasteiger partial charge is 0.275 e. The average molecular weight is 452 g/mol. The van der Waals surface area contributed by atoms with Crippen LogP contribution in [0.5, 0.6) is 0 Å². The van der Waals surface area contributed by atoms with Gasteiger partial charge in [-0.05, 0) is 49.9 Å². The van der Waals surface area contributed by atoms with Crippen molar-refractivity contribution in [1.29, 1.82) is 0 Å². The highest BCUT2D eigenvalue weighted by Crippen LogP contribution is 2.45. The molecule has 168 valence electrons. The number of benzene rings is 1. The molecule has 2 atom stereocenters. The third-order valence-corrected chi connectivity index (χ3v) is 6.64. The highest BCUT2D eigenvalue weighted by atomic mass is 19.2. The number of hydrogen-bond acceptors (Lipinski definition) is 4. The van der Waals surface area contributed by atoms with Gasteiger partial charge in [-0.25, -0.2) is 22.7 Å². The zero-order valence-corrected chi connectivity index (χ0v) is 17.7. The monoisotopic (exact) mass is 452 g/mol. The summed E-state index contributed by atoms with van der Waals surface area (Å²) in [6.45, 7) is 0. The maximum Gasteiger partial charge on any atom is 0.275 e. The number of rotatable bonds is 2. The lowest BCUT2D eigenvalue weighted by atomic mass is 9.81. The maximum atomic E-state index is 14.0. The van der Waals surface area contributed by atoms with Gasteiger partial charge < -0.3 is 4.90 Å². The highest BCUT2D eigenvalue weighted by molar-refractivity contribution is 5.93. The first-order chi connectivity index (χ1) is 15.9. The van der Waals surface area contributed by atoms with Crippen LogP contribution in [0.1, 0.15) is 47.1 Å². The summed E-state index contributed by atoms with van der Waals surface area (Å²) in [6, 6.07) is 5.05. The van der Waals surface area contributed by atoms with Gasteiger partial charge in [-0.2, -0.15) is 10.2 Å². The van der Waals surface area contributed by atoms with Gasteiger partial charge in [0.25, 0.3) is 5.91 Å². The van der Waals surface area contributed by atoms with Crippen LogP contribution in [0.2, 0.25) is 0 Å². The number of aromatic nitrogens is 5. The molecular weight excluding hydrogens is 433 g/mol. The van der Waals surface area contributed by atoms with Crippen molar-refractivity contribution in [3.8, 4) is 11.3 Å². The minimum absolute atomic E-state index is 0.0953. The average Bonchev–Trinajstić information content (AvgIpc) is 3.39. The number of piperidine rings is 1. The first-order valence-corrected chi connectivity index (χ1v) is 10.8. The number of amides is 1. The molecule has 0 radical (unpaired) electrons. The minimum Gasteiger partial charge on any atom is -0.325 e. The predicted molar refractivity (Wildman–Crippen MR) is 112 cm³/mol. The van der Waals surface area contributed by atoms with Crippen molar-refractivity contribution in [2.45, 2.75) is 37.8 Å². The van der Waals surface area contributed by atoms with Crippen LogP contribution in [-0.2, 0) is 13.5 Å². The zero-order chi connectivity index (χ0) is 22.9. The molecule has 0 aliphatic carbocycles. The zero-order valence-electron chi connectivity index (χ0n) is 17.7. The van der Waals surface area contributed by atoms with E-state index in [0.29, 0.717) is 29.1 Å². The number of carbonyl (C=O) groups excluding carboxylic acids is 1. The first-order valence-electron chi connectivity index (χ1n) is 10.8. The normalized spacial score (nSPS) is 19.7. The lowest BCUT2D eigenvalue weighted by Gasteiger charge is -2.45. The van der Waals surface area contributed by atoms with Gasteiger partial charge in [-0.15, -0.1) is 0 Å². The van der Waals surface area contributed by atoms with E-state index in [0.717, 1.165) is 37.0 Å². The minimum atomic E-state index is -1.49. The topological polar surface area (TPSA) is 68.3 Å². The second-order valence-corrected chi connectivity index (χ2v) is 8.56. The van der Waals surface area contributed by atoms with Crippen LogP contribution in [0.4, 0.5) is 13.2 Å². The standard InChI is InChI=1S/C23H19F3N6O/c1-30-22(12-9-15(24)20(26)16(25)10-12)14-11-13-3-2-4-18(21(14)29-30)32(13)23(33)17-5-6-19-27-7-8-31(19)28-17/h5-10,13,18H,2-4,11H2,1H3/t13-,18+/m1/s1. The predicted octanol–water partition coefficient (Wildman–Crippen LogP) is 3.84. The maximum absolute atomic E-state index is 14.0. The summed E-state index contributed by atoms with van der Waals surface area (Å²) in [5.41, 5.74) is 3.31. The Morgan fingerprint density at radius 3 is 2.67 bits per heavy atom. The molecule has 2 aliphatic rings. The van der Waals surface area contributed by atoms with Gasteiger partial charge in [0, 0.05) is 36.6 Å². The second-order valence-electron chi connectivity index (χ2n) is 8.56. The number of fused-ring (bicyclic) bond motifs is 5. The van der Waals surface area contributed by atoms with E-state index in [1.165, 1.54) is 0 Å². The highest BCUT2D eigenvalue weighted by Gasteiger charge is 2.44. The van der Waals surface area contributed by atoms with Crippen LogP contribution < -0.4 is 0 Å². The van der Waals surface area contributed by atoms with Crippen LogP contribution in [0, 0.1) is 17.5 Å². The van der Waals surface area contributed by atoms with E-state index in [9.17, 15) is 18.0 Å². The fourth-order valence-corrected chi connectivity index (χ4v) is 5.26. The van der Waals surface area contributed by atoms with Crippen LogP contribution in [0.15, 0.2) is 36.7 Å². The molecule has 7 nitrogen and oxygen atoms in total. The van der Waals surface area contributed by atoms with E-state index < -0.39 is 17.5 Å². The molecule has 6 rings (SSSR count). The molecule has 1 aromatic carbocycles. The molecule has 33 heavy (non-hydrogen) atoms. The lowest BCUT2D eigenvalue weighted by Crippen LogP contribution is -2.50. The van der Waals surface area contributed by atoms with Crippen molar-refractivity contribution in [3.63, 3.8) is 0 Å². The van der Waals surface area contributed by atoms with Crippen LogP contribution in [0.3, 0.4) is 0 Å². The number of aryl methyl sites for hydroxylation is 1. The number of imidazole rings is 1. The van der Waals surface area contributed by atoms with E-state index >= 15 is 0 Å². The summed E-state index contributed by atoms with van der Waals surface area (Å²) in [6.07, 6.45) is 6.27. The quantitative estimate of drug-likeness (QED) is 0.434. The molecule has 0 unspecified atom stereocenters. The molecule has 4 aromatic rings. The van der Waals surface area contributed by atoms with E-state index in [-0.39, 0.29) is 23.6 Å². The Morgan fingerprint density at radius 2 is 1.88 bits per heavy atom. The molecule has 10 heteroatoms. The number of hydrogen-bond donors (Lipinski definition) is 0. The Morgan fingerprint density at radius 1 is 1.09 bits per heavy atom. The molecule has 5 heterocycles. The summed E-state index contributed by atoms with van der Waals surface area (Å²) in [5, 5.41) is 9.06. The Labute approximate surface area is 186 Å². The van der Waals surface area contributed by atoms with Gasteiger partial charge in [-0.3, -0.25) is 9.48 Å². The molecule has 3 aromatic heterocycles. The Hall–Kier alpha value is -3.69. The summed E-state index contributed by atoms with van der Waals surface area (Å²) in [7, 11) is 1.69. The molecule has 1 saturated heterocycles. The van der Waals surface area contributed by atoms with Crippen LogP contribution in [-0.4, -0.2) is 41.2 Å². The third-order valence-electron chi connectivity index (χ3n) is 6.64. The summed E-state index contributed by atoms with van der Waals surface area (Å²) in [4.78, 5) is 19.5. The van der Waals surface area contributed by atoms with Crippen molar-refractivity contribution >= 4 is 11.6 Å². The Balaban J connectivity index is 1.43. The van der Waals surface area contributed by atoms with Crippen LogP contribution in [0.25, 0.3) is 16.9 Å². The van der Waals surface area contributed by atoms with Gasteiger partial charge in [0.2, 0.25) is 0 Å². The fraction of sp³-hybridized carbons (Fsp3) is 0.304. The Kier molecular flexibility index (Phi) is 4.33. The largest absolute Gasteiger partial charge is 0.325 e. The third kappa shape index (κ3) is 2.96. The summed E-state index contributed by atoms with van der Waals surface area (Å²) >= 11 is 0. The van der Waals surface area contributed by atoms with Crippen molar-refractivity contribution in [1.82, 2.24) is 29.3 Å². The molecule has 1 fully saturated rings. The van der Waals surface area contributed by atoms with Crippen molar-refractivity contribution in [2.24, 2.45) is 7.05 Å². The lowest BCUT2D eigenvalue weighted by molar-refractivity contribution is 0.0384. The van der Waals surface area contributed by atoms with Gasteiger partial charge in [0.05, 0.1) is 17.4 Å². The first kappa shape index (κ1) is 20.0. The Bertz CT molecular complexity index is 1400. The molecule has 2 bridgehead atoms. The number of halogens is 3. The van der Waals surface area contributed by atoms with Gasteiger partial charge in [0.15, 0.2) is 23.1 Å². The molecular formula is C23H19F3N6O. The number of carbonyl (C=O) groups is 1. The van der Waals surface area contributed by atoms with Gasteiger partial charge >= 0.3 is 0 Å². The van der Waals surface area contributed by atoms with Crippen molar-refractivity contribution in [3.05, 3.63) is 71.1 Å². The summed E-state index contributed by atoms with van der Waals surface area (Å²) < 4.78 is 44.6. The van der Waals surface area contributed by atoms with Crippen molar-refractivity contribution < 1.29 is 18.0 Å². The molecule has 0 saturated carbocycles. The molecule has 2 aliphatic heterocycles. The van der Waals surface area contributed by atoms with E-state index in [2.05, 4.69) is 15.2 Å². The van der Waals surface area contributed by atoms with E-state index in [1.54, 1.807) is 40.8 Å². The molecule has 0 N–H and O–H groups in total. The fourth-order valence-electron chi connectivity index (χ4n) is 5.26. The molecule has 0 spiro atoms. The van der Waals surface area contributed by atoms with E-state index in [1.807, 2.05) is 4.90 Å². The second kappa shape index (κ2) is 7.16. The van der Waals surface area contributed by atoms with Gasteiger partial charge in [0.1, 0.15) is 5.69 Å². The van der Waals surface area contributed by atoms with E-state index in [4.69, 9.17) is 0 Å². The van der Waals surface area contributed by atoms with Crippen molar-refractivity contribution in [2.75, 3.05) is 0 Å².